The molecule has 5 N–H and O–H groups in total. The summed E-state index contributed by atoms with van der Waals surface area (Å²) in [5.41, 5.74) is 8.66. The SMILES string of the molecule is Cc1ccc(Nc2nc(N)nc(CSc3nnc(-c4ccoc4C)n3N)n2)cc1. The Hall–Kier alpha value is -3.60. The molecule has 0 saturated carbocycles. The van der Waals surface area contributed by atoms with Crippen LogP contribution in [0, 0.1) is 13.8 Å². The molecule has 29 heavy (non-hydrogen) atoms. The quantitative estimate of drug-likeness (QED) is 0.321. The minimum atomic E-state index is 0.133. The van der Waals surface area contributed by atoms with E-state index in [2.05, 4.69) is 30.5 Å². The number of rotatable bonds is 6. The normalized spacial score (nSPS) is 11.0. The lowest BCUT2D eigenvalue weighted by molar-refractivity contribution is 0.535. The number of nitrogen functional groups attached to an aromatic ring is 2. The first-order valence-corrected chi connectivity index (χ1v) is 9.70. The average Bonchev–Trinajstić information content (AvgIpc) is 3.26. The second-order valence-electron chi connectivity index (χ2n) is 6.28. The molecule has 0 amide bonds. The summed E-state index contributed by atoms with van der Waals surface area (Å²) in [6.07, 6.45) is 1.59. The number of benzene rings is 1. The van der Waals surface area contributed by atoms with E-state index < -0.39 is 0 Å². The Bertz CT molecular complexity index is 1140. The van der Waals surface area contributed by atoms with Crippen molar-refractivity contribution < 1.29 is 4.42 Å². The van der Waals surface area contributed by atoms with Crippen molar-refractivity contribution in [2.75, 3.05) is 16.9 Å². The van der Waals surface area contributed by atoms with Crippen LogP contribution in [0.25, 0.3) is 11.4 Å². The maximum absolute atomic E-state index is 6.14. The highest BCUT2D eigenvalue weighted by Gasteiger charge is 2.16. The second kappa shape index (κ2) is 7.80. The van der Waals surface area contributed by atoms with Crippen LogP contribution in [-0.4, -0.2) is 29.8 Å². The maximum atomic E-state index is 6.14. The second-order valence-corrected chi connectivity index (χ2v) is 7.22. The molecule has 0 bridgehead atoms. The minimum absolute atomic E-state index is 0.133. The maximum Gasteiger partial charge on any atom is 0.232 e. The van der Waals surface area contributed by atoms with Gasteiger partial charge in [-0.3, -0.25) is 0 Å². The van der Waals surface area contributed by atoms with Crippen molar-refractivity contribution in [1.82, 2.24) is 29.8 Å². The van der Waals surface area contributed by atoms with Crippen LogP contribution in [-0.2, 0) is 5.75 Å². The topological polar surface area (TPSA) is 147 Å². The van der Waals surface area contributed by atoms with Gasteiger partial charge in [0.2, 0.25) is 17.1 Å². The van der Waals surface area contributed by atoms with Crippen molar-refractivity contribution in [1.29, 1.82) is 0 Å². The van der Waals surface area contributed by atoms with E-state index in [1.165, 1.54) is 22.0 Å². The molecule has 0 saturated heterocycles. The first-order valence-electron chi connectivity index (χ1n) is 8.71. The van der Waals surface area contributed by atoms with Crippen molar-refractivity contribution in [2.24, 2.45) is 0 Å². The van der Waals surface area contributed by atoms with E-state index in [4.69, 9.17) is 16.0 Å². The van der Waals surface area contributed by atoms with Crippen LogP contribution >= 0.6 is 11.8 Å². The van der Waals surface area contributed by atoms with Gasteiger partial charge in [0, 0.05) is 5.69 Å². The Kier molecular flexibility index (Phi) is 5.04. The van der Waals surface area contributed by atoms with Gasteiger partial charge in [-0.05, 0) is 32.0 Å². The fourth-order valence-corrected chi connectivity index (χ4v) is 3.34. The molecule has 0 fully saturated rings. The van der Waals surface area contributed by atoms with E-state index in [0.717, 1.165) is 17.0 Å². The van der Waals surface area contributed by atoms with Crippen LogP contribution in [0.2, 0.25) is 0 Å². The molecule has 1 aromatic carbocycles. The lowest BCUT2D eigenvalue weighted by Crippen LogP contribution is -2.12. The molecular formula is C18H19N9OS. The molecule has 0 spiro atoms. The Morgan fingerprint density at radius 2 is 1.86 bits per heavy atom. The molecule has 0 atom stereocenters. The number of aryl methyl sites for hydroxylation is 2. The molecule has 11 heteroatoms. The Labute approximate surface area is 170 Å². The molecule has 148 valence electrons. The number of aromatic nitrogens is 6. The third kappa shape index (κ3) is 4.14. The third-order valence-corrected chi connectivity index (χ3v) is 5.04. The summed E-state index contributed by atoms with van der Waals surface area (Å²) in [6, 6.07) is 9.68. The van der Waals surface area contributed by atoms with Gasteiger partial charge in [-0.2, -0.15) is 15.0 Å². The zero-order chi connectivity index (χ0) is 20.4. The lowest BCUT2D eigenvalue weighted by Gasteiger charge is -2.07. The number of anilines is 3. The summed E-state index contributed by atoms with van der Waals surface area (Å²) in [5.74, 6) is 8.79. The summed E-state index contributed by atoms with van der Waals surface area (Å²) in [4.78, 5) is 12.7. The monoisotopic (exact) mass is 409 g/mol. The summed E-state index contributed by atoms with van der Waals surface area (Å²) in [6.45, 7) is 3.86. The molecular weight excluding hydrogens is 390 g/mol. The van der Waals surface area contributed by atoms with Gasteiger partial charge in [-0.15, -0.1) is 10.2 Å². The Morgan fingerprint density at radius 3 is 2.59 bits per heavy atom. The van der Waals surface area contributed by atoms with E-state index in [9.17, 15) is 0 Å². The number of nitrogens with two attached hydrogens (primary N) is 2. The molecule has 0 aliphatic rings. The highest BCUT2D eigenvalue weighted by Crippen LogP contribution is 2.26. The molecule has 0 aliphatic heterocycles. The van der Waals surface area contributed by atoms with Crippen molar-refractivity contribution in [3.63, 3.8) is 0 Å². The molecule has 4 rings (SSSR count). The van der Waals surface area contributed by atoms with E-state index in [1.807, 2.05) is 38.1 Å². The van der Waals surface area contributed by atoms with Crippen LogP contribution < -0.4 is 16.9 Å². The number of nitrogens with zero attached hydrogens (tertiary/aromatic N) is 6. The van der Waals surface area contributed by atoms with Gasteiger partial charge in [0.25, 0.3) is 0 Å². The van der Waals surface area contributed by atoms with Crippen molar-refractivity contribution in [2.45, 2.75) is 24.8 Å². The van der Waals surface area contributed by atoms with E-state index in [0.29, 0.717) is 28.5 Å². The average molecular weight is 409 g/mol. The molecule has 0 unspecified atom stereocenters. The van der Waals surface area contributed by atoms with Gasteiger partial charge in [0.15, 0.2) is 5.82 Å². The zero-order valence-corrected chi connectivity index (χ0v) is 16.6. The smallest absolute Gasteiger partial charge is 0.232 e. The fraction of sp³-hybridized carbons (Fsp3) is 0.167. The van der Waals surface area contributed by atoms with Gasteiger partial charge in [-0.1, -0.05) is 29.5 Å². The van der Waals surface area contributed by atoms with E-state index in [1.54, 1.807) is 12.3 Å². The van der Waals surface area contributed by atoms with E-state index >= 15 is 0 Å². The summed E-state index contributed by atoms with van der Waals surface area (Å²) in [5, 5.41) is 11.9. The molecule has 0 aliphatic carbocycles. The molecule has 3 aromatic heterocycles. The first-order chi connectivity index (χ1) is 14.0. The number of furan rings is 1. The van der Waals surface area contributed by atoms with Gasteiger partial charge < -0.3 is 21.3 Å². The van der Waals surface area contributed by atoms with Crippen molar-refractivity contribution in [3.05, 3.63) is 53.7 Å². The zero-order valence-electron chi connectivity index (χ0n) is 15.8. The Morgan fingerprint density at radius 1 is 1.07 bits per heavy atom. The standard InChI is InChI=1S/C18H19N9OS/c1-10-3-5-12(6-4-10)21-17-23-14(22-16(19)24-17)9-29-18-26-25-15(27(18)20)13-7-8-28-11(13)2/h3-8H,9,20H2,1-2H3,(H3,19,21,22,23,24). The summed E-state index contributed by atoms with van der Waals surface area (Å²) < 4.78 is 6.72. The predicted molar refractivity (Wildman–Crippen MR) is 111 cm³/mol. The highest BCUT2D eigenvalue weighted by atomic mass is 32.2. The van der Waals surface area contributed by atoms with Crippen LogP contribution in [0.3, 0.4) is 0 Å². The van der Waals surface area contributed by atoms with Gasteiger partial charge in [0.1, 0.15) is 11.6 Å². The minimum Gasteiger partial charge on any atom is -0.469 e. The fourth-order valence-electron chi connectivity index (χ4n) is 2.63. The van der Waals surface area contributed by atoms with E-state index in [-0.39, 0.29) is 5.95 Å². The number of thioether (sulfide) groups is 1. The van der Waals surface area contributed by atoms with Gasteiger partial charge in [0.05, 0.1) is 17.6 Å². The number of hydrogen-bond acceptors (Lipinski definition) is 10. The van der Waals surface area contributed by atoms with Crippen LogP contribution in [0.15, 0.2) is 46.2 Å². The first kappa shape index (κ1) is 18.7. The molecule has 4 aromatic rings. The summed E-state index contributed by atoms with van der Waals surface area (Å²) >= 11 is 1.35. The van der Waals surface area contributed by atoms with Gasteiger partial charge in [-0.25, -0.2) is 4.68 Å². The molecule has 0 radical (unpaired) electrons. The summed E-state index contributed by atoms with van der Waals surface area (Å²) in [7, 11) is 0. The van der Waals surface area contributed by atoms with Crippen LogP contribution in [0.4, 0.5) is 17.6 Å². The predicted octanol–water partition coefficient (Wildman–Crippen LogP) is 2.67. The van der Waals surface area contributed by atoms with Crippen molar-refractivity contribution in [3.8, 4) is 11.4 Å². The third-order valence-electron chi connectivity index (χ3n) is 4.10. The van der Waals surface area contributed by atoms with Gasteiger partial charge >= 0.3 is 0 Å². The lowest BCUT2D eigenvalue weighted by atomic mass is 10.2. The van der Waals surface area contributed by atoms with Crippen LogP contribution in [0.1, 0.15) is 17.1 Å². The molecule has 3 heterocycles. The number of hydrogen-bond donors (Lipinski definition) is 3. The largest absolute Gasteiger partial charge is 0.469 e. The van der Waals surface area contributed by atoms with Crippen molar-refractivity contribution >= 4 is 29.3 Å². The highest BCUT2D eigenvalue weighted by molar-refractivity contribution is 7.98. The van der Waals surface area contributed by atoms with Crippen LogP contribution in [0.5, 0.6) is 0 Å². The number of nitrogens with one attached hydrogen (secondary N) is 1. The Balaban J connectivity index is 1.49. The molecule has 10 nitrogen and oxygen atoms in total.